The zero-order valence-electron chi connectivity index (χ0n) is 13.5. The van der Waals surface area contributed by atoms with Crippen molar-refractivity contribution in [3.63, 3.8) is 0 Å². The van der Waals surface area contributed by atoms with Gasteiger partial charge in [0.15, 0.2) is 0 Å². The normalized spacial score (nSPS) is 10.1. The summed E-state index contributed by atoms with van der Waals surface area (Å²) in [6.45, 7) is 0. The van der Waals surface area contributed by atoms with Gasteiger partial charge in [-0.2, -0.15) is 0 Å². The number of anilines is 1. The number of ether oxygens (including phenoxy) is 2. The highest BCUT2D eigenvalue weighted by Gasteiger charge is 2.15. The van der Waals surface area contributed by atoms with Gasteiger partial charge in [0.2, 0.25) is 5.91 Å². The fourth-order valence-corrected chi connectivity index (χ4v) is 2.29. The van der Waals surface area contributed by atoms with Crippen molar-refractivity contribution in [3.8, 4) is 5.75 Å². The number of methoxy groups -OCH3 is 2. The molecule has 126 valence electrons. The highest BCUT2D eigenvalue weighted by molar-refractivity contribution is 6.30. The molecule has 1 N–H and O–H groups in total. The molecule has 6 heteroatoms. The quantitative estimate of drug-likeness (QED) is 0.809. The summed E-state index contributed by atoms with van der Waals surface area (Å²) in [5, 5.41) is 3.39. The molecular formula is C18H18ClNO4. The van der Waals surface area contributed by atoms with Crippen LogP contribution in [-0.2, 0) is 16.0 Å². The van der Waals surface area contributed by atoms with Crippen molar-refractivity contribution in [2.24, 2.45) is 0 Å². The third-order valence-corrected chi connectivity index (χ3v) is 3.71. The van der Waals surface area contributed by atoms with E-state index in [9.17, 15) is 9.59 Å². The van der Waals surface area contributed by atoms with Crippen molar-refractivity contribution in [2.75, 3.05) is 19.5 Å². The number of aryl methyl sites for hydroxylation is 1. The molecule has 0 bridgehead atoms. The molecule has 0 spiro atoms. The Kier molecular flexibility index (Phi) is 6.21. The van der Waals surface area contributed by atoms with Gasteiger partial charge < -0.3 is 14.8 Å². The lowest BCUT2D eigenvalue weighted by Crippen LogP contribution is -2.16. The van der Waals surface area contributed by atoms with E-state index in [2.05, 4.69) is 5.32 Å². The smallest absolute Gasteiger partial charge is 0.340 e. The van der Waals surface area contributed by atoms with E-state index in [0.717, 1.165) is 5.56 Å². The van der Waals surface area contributed by atoms with Gasteiger partial charge >= 0.3 is 5.97 Å². The summed E-state index contributed by atoms with van der Waals surface area (Å²) in [7, 11) is 2.79. The van der Waals surface area contributed by atoms with E-state index in [4.69, 9.17) is 21.1 Å². The number of rotatable bonds is 6. The summed E-state index contributed by atoms with van der Waals surface area (Å²) in [4.78, 5) is 24.0. The zero-order valence-corrected chi connectivity index (χ0v) is 14.2. The monoisotopic (exact) mass is 347 g/mol. The molecule has 0 aliphatic rings. The van der Waals surface area contributed by atoms with Gasteiger partial charge in [0.25, 0.3) is 0 Å². The molecule has 0 unspecified atom stereocenters. The van der Waals surface area contributed by atoms with E-state index in [-0.39, 0.29) is 17.9 Å². The SMILES string of the molecule is COC(=O)c1cc(OC)ccc1NC(=O)CCc1ccc(Cl)cc1. The van der Waals surface area contributed by atoms with Crippen LogP contribution in [0.15, 0.2) is 42.5 Å². The molecule has 0 aliphatic heterocycles. The van der Waals surface area contributed by atoms with Crippen LogP contribution < -0.4 is 10.1 Å². The predicted octanol–water partition coefficient (Wildman–Crippen LogP) is 3.71. The Morgan fingerprint density at radius 2 is 1.79 bits per heavy atom. The highest BCUT2D eigenvalue weighted by atomic mass is 35.5. The molecule has 0 aliphatic carbocycles. The molecule has 5 nitrogen and oxygen atoms in total. The molecule has 0 saturated heterocycles. The van der Waals surface area contributed by atoms with Crippen LogP contribution in [-0.4, -0.2) is 26.1 Å². The number of halogens is 1. The number of carbonyl (C=O) groups is 2. The molecule has 0 aromatic heterocycles. The largest absolute Gasteiger partial charge is 0.497 e. The minimum absolute atomic E-state index is 0.194. The Morgan fingerprint density at radius 1 is 1.08 bits per heavy atom. The first-order chi connectivity index (χ1) is 11.5. The molecular weight excluding hydrogens is 330 g/mol. The third kappa shape index (κ3) is 4.73. The maximum atomic E-state index is 12.1. The number of esters is 1. The number of hydrogen-bond acceptors (Lipinski definition) is 4. The molecule has 2 aromatic rings. The van der Waals surface area contributed by atoms with Crippen molar-refractivity contribution >= 4 is 29.2 Å². The van der Waals surface area contributed by atoms with Gasteiger partial charge in [-0.05, 0) is 42.3 Å². The van der Waals surface area contributed by atoms with E-state index in [1.54, 1.807) is 24.3 Å². The van der Waals surface area contributed by atoms with Gasteiger partial charge in [-0.25, -0.2) is 4.79 Å². The van der Waals surface area contributed by atoms with Gasteiger partial charge in [-0.15, -0.1) is 0 Å². The van der Waals surface area contributed by atoms with Crippen molar-refractivity contribution in [3.05, 3.63) is 58.6 Å². The Hall–Kier alpha value is -2.53. The highest BCUT2D eigenvalue weighted by Crippen LogP contribution is 2.23. The average Bonchev–Trinajstić information content (AvgIpc) is 2.61. The molecule has 0 heterocycles. The second-order valence-electron chi connectivity index (χ2n) is 5.08. The van der Waals surface area contributed by atoms with Crippen molar-refractivity contribution in [1.29, 1.82) is 0 Å². The van der Waals surface area contributed by atoms with Gasteiger partial charge in [-0.1, -0.05) is 23.7 Å². The molecule has 24 heavy (non-hydrogen) atoms. The Balaban J connectivity index is 2.05. The number of amides is 1. The van der Waals surface area contributed by atoms with Crippen LogP contribution in [0.4, 0.5) is 5.69 Å². The zero-order chi connectivity index (χ0) is 17.5. The maximum absolute atomic E-state index is 12.1. The lowest BCUT2D eigenvalue weighted by Gasteiger charge is -2.11. The molecule has 0 saturated carbocycles. The van der Waals surface area contributed by atoms with Crippen molar-refractivity contribution in [1.82, 2.24) is 0 Å². The van der Waals surface area contributed by atoms with Gasteiger partial charge in [0.1, 0.15) is 5.75 Å². The van der Waals surface area contributed by atoms with Crippen molar-refractivity contribution < 1.29 is 19.1 Å². The topological polar surface area (TPSA) is 64.6 Å². The van der Waals surface area contributed by atoms with Crippen LogP contribution in [0.2, 0.25) is 5.02 Å². The second-order valence-corrected chi connectivity index (χ2v) is 5.51. The predicted molar refractivity (Wildman–Crippen MR) is 92.7 cm³/mol. The summed E-state index contributed by atoms with van der Waals surface area (Å²) in [6, 6.07) is 12.1. The molecule has 2 aromatic carbocycles. The van der Waals surface area contributed by atoms with Gasteiger partial charge in [0.05, 0.1) is 25.5 Å². The Labute approximate surface area is 145 Å². The standard InChI is InChI=1S/C18H18ClNO4/c1-23-14-8-9-16(15(11-14)18(22)24-2)20-17(21)10-5-12-3-6-13(19)7-4-12/h3-4,6-9,11H,5,10H2,1-2H3,(H,20,21). The van der Waals surface area contributed by atoms with Crippen LogP contribution in [0.25, 0.3) is 0 Å². The lowest BCUT2D eigenvalue weighted by atomic mass is 10.1. The van der Waals surface area contributed by atoms with Crippen LogP contribution in [0.3, 0.4) is 0 Å². The maximum Gasteiger partial charge on any atom is 0.340 e. The lowest BCUT2D eigenvalue weighted by molar-refractivity contribution is -0.116. The minimum atomic E-state index is -0.540. The van der Waals surface area contributed by atoms with Crippen LogP contribution in [0.1, 0.15) is 22.3 Å². The molecule has 1 amide bonds. The number of hydrogen-bond donors (Lipinski definition) is 1. The molecule has 0 atom stereocenters. The van der Waals surface area contributed by atoms with Crippen LogP contribution >= 0.6 is 11.6 Å². The van der Waals surface area contributed by atoms with Crippen LogP contribution in [0, 0.1) is 0 Å². The third-order valence-electron chi connectivity index (χ3n) is 3.46. The summed E-state index contributed by atoms with van der Waals surface area (Å²) >= 11 is 5.83. The van der Waals surface area contributed by atoms with E-state index in [1.165, 1.54) is 20.3 Å². The first kappa shape index (κ1) is 17.8. The van der Waals surface area contributed by atoms with Crippen LogP contribution in [0.5, 0.6) is 5.75 Å². The number of benzene rings is 2. The Bertz CT molecular complexity index is 728. The first-order valence-corrected chi connectivity index (χ1v) is 7.72. The van der Waals surface area contributed by atoms with Gasteiger partial charge in [-0.3, -0.25) is 4.79 Å². The second kappa shape index (κ2) is 8.36. The summed E-state index contributed by atoms with van der Waals surface area (Å²) in [6.07, 6.45) is 0.862. The summed E-state index contributed by atoms with van der Waals surface area (Å²) in [5.41, 5.74) is 1.65. The van der Waals surface area contributed by atoms with E-state index >= 15 is 0 Å². The number of nitrogens with one attached hydrogen (secondary N) is 1. The average molecular weight is 348 g/mol. The fraction of sp³-hybridized carbons (Fsp3) is 0.222. The summed E-state index contributed by atoms with van der Waals surface area (Å²) < 4.78 is 9.83. The van der Waals surface area contributed by atoms with E-state index < -0.39 is 5.97 Å². The summed E-state index contributed by atoms with van der Waals surface area (Å²) in [5.74, 6) is -0.225. The van der Waals surface area contributed by atoms with Gasteiger partial charge in [0, 0.05) is 11.4 Å². The van der Waals surface area contributed by atoms with E-state index in [1.807, 2.05) is 12.1 Å². The van der Waals surface area contributed by atoms with E-state index in [0.29, 0.717) is 22.9 Å². The molecule has 2 rings (SSSR count). The Morgan fingerprint density at radius 3 is 2.42 bits per heavy atom. The van der Waals surface area contributed by atoms with Crippen molar-refractivity contribution in [2.45, 2.75) is 12.8 Å². The first-order valence-electron chi connectivity index (χ1n) is 7.34. The number of carbonyl (C=O) groups excluding carboxylic acids is 2. The molecule has 0 radical (unpaired) electrons. The molecule has 0 fully saturated rings. The fourth-order valence-electron chi connectivity index (χ4n) is 2.16. The minimum Gasteiger partial charge on any atom is -0.497 e.